The van der Waals surface area contributed by atoms with E-state index in [-0.39, 0.29) is 43.0 Å². The number of fused-ring (bicyclic) bond motifs is 5. The number of hydrogen-bond donors (Lipinski definition) is 1. The Balaban J connectivity index is 1.28. The van der Waals surface area contributed by atoms with Crippen LogP contribution in [-0.4, -0.2) is 82.0 Å². The minimum Gasteiger partial charge on any atom is -0.457 e. The van der Waals surface area contributed by atoms with Crippen LogP contribution >= 0.6 is 11.8 Å². The number of hydrogen-bond acceptors (Lipinski definition) is 9. The number of thioether (sulfide) groups is 1. The van der Waals surface area contributed by atoms with Gasteiger partial charge in [0, 0.05) is 35.8 Å². The van der Waals surface area contributed by atoms with Crippen LogP contribution in [0.15, 0.2) is 46.6 Å². The Bertz CT molecular complexity index is 1590. The molecule has 9 nitrogen and oxygen atoms in total. The lowest BCUT2D eigenvalue weighted by Crippen LogP contribution is -2.70. The van der Waals surface area contributed by atoms with Gasteiger partial charge in [0.2, 0.25) is 10.9 Å². The van der Waals surface area contributed by atoms with Gasteiger partial charge in [-0.15, -0.1) is 0 Å². The van der Waals surface area contributed by atoms with Crippen molar-refractivity contribution in [1.82, 2.24) is 4.90 Å². The molecular formula is C36H41F2NO8S. The first-order valence-electron chi connectivity index (χ1n) is 16.6. The first-order valence-corrected chi connectivity index (χ1v) is 17.6. The average Bonchev–Trinajstić information content (AvgIpc) is 3.68. The van der Waals surface area contributed by atoms with E-state index in [1.165, 1.54) is 37.5 Å². The molecule has 0 unspecified atom stereocenters. The summed E-state index contributed by atoms with van der Waals surface area (Å²) < 4.78 is 50.4. The van der Waals surface area contributed by atoms with Gasteiger partial charge in [-0.25, -0.2) is 18.4 Å². The molecule has 3 saturated carbocycles. The second kappa shape index (κ2) is 12.8. The number of alkyl halides is 2. The Morgan fingerprint density at radius 3 is 2.60 bits per heavy atom. The normalized spacial score (nSPS) is 38.5. The molecule has 4 fully saturated rings. The number of esters is 1. The fraction of sp³-hybridized carbons (Fsp3) is 0.611. The van der Waals surface area contributed by atoms with Crippen molar-refractivity contribution in [3.8, 4) is 11.8 Å². The number of rotatable bonds is 5. The Labute approximate surface area is 282 Å². The predicted molar refractivity (Wildman–Crippen MR) is 172 cm³/mol. The second-order valence-corrected chi connectivity index (χ2v) is 15.1. The first-order chi connectivity index (χ1) is 22.8. The van der Waals surface area contributed by atoms with Crippen molar-refractivity contribution >= 4 is 34.7 Å². The van der Waals surface area contributed by atoms with E-state index >= 15 is 8.78 Å². The average molecular weight is 686 g/mol. The van der Waals surface area contributed by atoms with E-state index in [1.807, 2.05) is 0 Å². The van der Waals surface area contributed by atoms with Crippen molar-refractivity contribution in [3.05, 3.63) is 48.0 Å². The van der Waals surface area contributed by atoms with Crippen molar-refractivity contribution in [2.75, 3.05) is 25.4 Å². The molecule has 12 heteroatoms. The van der Waals surface area contributed by atoms with Crippen molar-refractivity contribution in [1.29, 1.82) is 0 Å². The van der Waals surface area contributed by atoms with Crippen molar-refractivity contribution in [3.63, 3.8) is 0 Å². The molecule has 48 heavy (non-hydrogen) atoms. The van der Waals surface area contributed by atoms with Crippen molar-refractivity contribution < 1.29 is 47.0 Å². The van der Waals surface area contributed by atoms with Crippen LogP contribution in [0.5, 0.6) is 0 Å². The Kier molecular flexibility index (Phi) is 9.18. The summed E-state index contributed by atoms with van der Waals surface area (Å²) in [6, 6.07) is 2.92. The number of piperidine rings is 1. The minimum atomic E-state index is -2.35. The highest BCUT2D eigenvalue weighted by Gasteiger charge is 2.78. The lowest BCUT2D eigenvalue weighted by molar-refractivity contribution is -0.221. The molecule has 0 radical (unpaired) electrons. The molecule has 2 heterocycles. The second-order valence-electron chi connectivity index (χ2n) is 14.1. The van der Waals surface area contributed by atoms with Crippen LogP contribution in [-0.2, 0) is 19.1 Å². The van der Waals surface area contributed by atoms with Crippen LogP contribution in [0.25, 0.3) is 0 Å². The molecule has 1 aromatic heterocycles. The van der Waals surface area contributed by atoms with Gasteiger partial charge in [0.05, 0.1) is 18.1 Å². The van der Waals surface area contributed by atoms with Crippen molar-refractivity contribution in [2.45, 2.75) is 82.8 Å². The van der Waals surface area contributed by atoms with E-state index in [0.29, 0.717) is 13.1 Å². The van der Waals surface area contributed by atoms with E-state index < -0.39 is 75.1 Å². The van der Waals surface area contributed by atoms with Gasteiger partial charge in [0.15, 0.2) is 23.7 Å². The first kappa shape index (κ1) is 34.4. The number of ketones is 1. The number of carbonyl (C=O) groups excluding carboxylic acids is 4. The highest BCUT2D eigenvalue weighted by molar-refractivity contribution is 8.14. The summed E-state index contributed by atoms with van der Waals surface area (Å²) in [5, 5.41) is 11.2. The van der Waals surface area contributed by atoms with E-state index in [9.17, 15) is 24.3 Å². The van der Waals surface area contributed by atoms with Crippen LogP contribution in [0.4, 0.5) is 13.6 Å². The summed E-state index contributed by atoms with van der Waals surface area (Å²) in [7, 11) is 0. The summed E-state index contributed by atoms with van der Waals surface area (Å²) in [6.45, 7) is 6.11. The maximum Gasteiger partial charge on any atom is 0.410 e. The lowest BCUT2D eigenvalue weighted by atomic mass is 9.44. The molecular weight excluding hydrogens is 644 g/mol. The highest BCUT2D eigenvalue weighted by Crippen LogP contribution is 2.72. The van der Waals surface area contributed by atoms with Gasteiger partial charge in [0.25, 0.3) is 0 Å². The van der Waals surface area contributed by atoms with E-state index in [1.54, 1.807) is 18.7 Å². The molecule has 1 amide bonds. The molecule has 5 aliphatic rings. The van der Waals surface area contributed by atoms with Gasteiger partial charge in [-0.05, 0) is 81.2 Å². The smallest absolute Gasteiger partial charge is 0.410 e. The monoisotopic (exact) mass is 685 g/mol. The third kappa shape index (κ3) is 5.23. The molecule has 1 N–H and O–H groups in total. The SMILES string of the molecule is C[C@@H]1C[C@H]2[C@@H]3C[C@H](F)C4=CC(=O)C=C[C@]4(C)[C@@]3(F)[C@@H](O)C[C@]2(C)[C@@]1(OC(=O)c1ccco1)C(=O)SCC#CCOC(=O)N1CCCCC1. The third-order valence-corrected chi connectivity index (χ3v) is 12.6. The molecule has 6 rings (SSSR count). The zero-order valence-corrected chi connectivity index (χ0v) is 28.2. The number of amides is 1. The molecule has 9 atom stereocenters. The largest absolute Gasteiger partial charge is 0.457 e. The Morgan fingerprint density at radius 1 is 1.15 bits per heavy atom. The predicted octanol–water partition coefficient (Wildman–Crippen LogP) is 5.63. The minimum absolute atomic E-state index is 0.00442. The van der Waals surface area contributed by atoms with Gasteiger partial charge in [-0.1, -0.05) is 43.5 Å². The number of aliphatic hydroxyl groups excluding tert-OH is 1. The summed E-state index contributed by atoms with van der Waals surface area (Å²) in [5.74, 6) is 1.77. The number of furan rings is 1. The lowest BCUT2D eigenvalue weighted by Gasteiger charge is -2.63. The van der Waals surface area contributed by atoms with Gasteiger partial charge in [0.1, 0.15) is 6.17 Å². The fourth-order valence-corrected chi connectivity index (χ4v) is 10.4. The molecule has 1 aromatic rings. The van der Waals surface area contributed by atoms with E-state index in [0.717, 1.165) is 37.1 Å². The molecule has 258 valence electrons. The number of ether oxygens (including phenoxy) is 2. The van der Waals surface area contributed by atoms with Crippen LogP contribution in [0.2, 0.25) is 0 Å². The number of likely N-dealkylation sites (tertiary alicyclic amines) is 1. The summed E-state index contributed by atoms with van der Waals surface area (Å²) >= 11 is 0.826. The highest BCUT2D eigenvalue weighted by atomic mass is 32.2. The Hall–Kier alpha value is -3.43. The quantitative estimate of drug-likeness (QED) is 0.311. The molecule has 0 spiro atoms. The summed E-state index contributed by atoms with van der Waals surface area (Å²) in [5.41, 5.74) is -7.09. The number of nitrogens with zero attached hydrogens (tertiary/aromatic N) is 1. The Morgan fingerprint density at radius 2 is 1.90 bits per heavy atom. The van der Waals surface area contributed by atoms with Crippen LogP contribution < -0.4 is 0 Å². The maximum atomic E-state index is 17.7. The third-order valence-electron chi connectivity index (χ3n) is 11.7. The van der Waals surface area contributed by atoms with Crippen LogP contribution in [0.3, 0.4) is 0 Å². The van der Waals surface area contributed by atoms with E-state index in [4.69, 9.17) is 13.9 Å². The van der Waals surface area contributed by atoms with Crippen molar-refractivity contribution in [2.24, 2.45) is 28.6 Å². The van der Waals surface area contributed by atoms with E-state index in [2.05, 4.69) is 11.8 Å². The molecule has 1 aliphatic heterocycles. The standard InChI is InChI=1S/C36H41F2NO8S/c1-22-18-24-25-20-27(37)26-19-23(40)11-12-33(26,2)35(25,38)29(41)21-34(24,3)36(22,47-30(42)28-10-9-16-45-28)31(43)48-17-8-7-15-46-32(44)39-13-5-4-6-14-39/h9-12,16,19,22,24-25,27,29,41H,4-6,13-15,17-18,20-21H2,1-3H3/t22-,24+,25+,27+,29+,33+,34+,35+,36+/m1/s1. The number of halogens is 2. The number of allylic oxidation sites excluding steroid dienone is 4. The molecule has 0 aromatic carbocycles. The van der Waals surface area contributed by atoms with Gasteiger partial charge in [-0.3, -0.25) is 9.59 Å². The molecule has 0 bridgehead atoms. The zero-order valence-electron chi connectivity index (χ0n) is 27.3. The molecule has 4 aliphatic carbocycles. The fourth-order valence-electron chi connectivity index (χ4n) is 9.39. The van der Waals surface area contributed by atoms with Crippen LogP contribution in [0.1, 0.15) is 69.9 Å². The van der Waals surface area contributed by atoms with Gasteiger partial charge in [-0.2, -0.15) is 0 Å². The molecule has 1 saturated heterocycles. The van der Waals surface area contributed by atoms with Crippen LogP contribution in [0, 0.1) is 40.4 Å². The number of carbonyl (C=O) groups is 4. The zero-order chi connectivity index (χ0) is 34.5. The topological polar surface area (TPSA) is 123 Å². The summed E-state index contributed by atoms with van der Waals surface area (Å²) in [6.07, 6.45) is 3.85. The number of aliphatic hydroxyl groups is 1. The summed E-state index contributed by atoms with van der Waals surface area (Å²) in [4.78, 5) is 54.0. The van der Waals surface area contributed by atoms with Gasteiger partial charge < -0.3 is 23.9 Å². The maximum absolute atomic E-state index is 17.7. The van der Waals surface area contributed by atoms with Gasteiger partial charge >= 0.3 is 12.1 Å².